The number of nitrogens with two attached hydrogens (primary N) is 1. The van der Waals surface area contributed by atoms with Crippen LogP contribution in [0.2, 0.25) is 0 Å². The van der Waals surface area contributed by atoms with Gasteiger partial charge in [0.1, 0.15) is 0 Å². The molecule has 12 heavy (non-hydrogen) atoms. The van der Waals surface area contributed by atoms with Crippen molar-refractivity contribution in [1.82, 2.24) is 4.98 Å². The van der Waals surface area contributed by atoms with E-state index >= 15 is 0 Å². The molecule has 1 aromatic heterocycles. The van der Waals surface area contributed by atoms with E-state index in [9.17, 15) is 8.78 Å². The summed E-state index contributed by atoms with van der Waals surface area (Å²) in [5.41, 5.74) is 6.11. The molecule has 1 heterocycles. The number of nitrogen functional groups attached to an aromatic ring is 1. The Kier molecular flexibility index (Phi) is 1.57. The molecule has 2 nitrogen and oxygen atoms in total. The van der Waals surface area contributed by atoms with Crippen molar-refractivity contribution in [2.75, 3.05) is 5.73 Å². The molecule has 1 aromatic rings. The SMILES string of the molecule is Nc1nc(C2CC(F)(F)C2)cs1. The molecule has 1 aliphatic rings. The Morgan fingerprint density at radius 2 is 2.25 bits per heavy atom. The number of aromatic nitrogens is 1. The van der Waals surface area contributed by atoms with E-state index in [1.165, 1.54) is 11.3 Å². The van der Waals surface area contributed by atoms with Gasteiger partial charge in [-0.1, -0.05) is 0 Å². The summed E-state index contributed by atoms with van der Waals surface area (Å²) in [6.07, 6.45) is -0.146. The summed E-state index contributed by atoms with van der Waals surface area (Å²) >= 11 is 1.30. The number of hydrogen-bond acceptors (Lipinski definition) is 3. The van der Waals surface area contributed by atoms with Gasteiger partial charge in [-0.05, 0) is 0 Å². The average Bonchev–Trinajstić information content (AvgIpc) is 2.30. The first-order valence-electron chi connectivity index (χ1n) is 3.65. The van der Waals surface area contributed by atoms with Crippen molar-refractivity contribution in [3.8, 4) is 0 Å². The molecule has 2 rings (SSSR count). The van der Waals surface area contributed by atoms with E-state index < -0.39 is 5.92 Å². The first-order valence-corrected chi connectivity index (χ1v) is 4.53. The highest BCUT2D eigenvalue weighted by Crippen LogP contribution is 2.48. The third kappa shape index (κ3) is 1.29. The Morgan fingerprint density at radius 1 is 1.58 bits per heavy atom. The minimum absolute atomic E-state index is 0.0732. The van der Waals surface area contributed by atoms with Crippen molar-refractivity contribution in [1.29, 1.82) is 0 Å². The fourth-order valence-corrected chi connectivity index (χ4v) is 2.00. The Bertz CT molecular complexity index is 289. The summed E-state index contributed by atoms with van der Waals surface area (Å²) in [4.78, 5) is 3.96. The third-order valence-electron chi connectivity index (χ3n) is 2.05. The van der Waals surface area contributed by atoms with Crippen LogP contribution in [-0.2, 0) is 0 Å². The van der Waals surface area contributed by atoms with Gasteiger partial charge in [-0.2, -0.15) is 0 Å². The molecule has 0 saturated heterocycles. The van der Waals surface area contributed by atoms with E-state index in [4.69, 9.17) is 5.73 Å². The van der Waals surface area contributed by atoms with Crippen LogP contribution >= 0.6 is 11.3 Å². The van der Waals surface area contributed by atoms with Crippen LogP contribution in [0.3, 0.4) is 0 Å². The number of thiazole rings is 1. The summed E-state index contributed by atoms with van der Waals surface area (Å²) in [5, 5.41) is 2.22. The first-order chi connectivity index (χ1) is 5.57. The number of alkyl halides is 2. The molecule has 0 unspecified atom stereocenters. The van der Waals surface area contributed by atoms with Gasteiger partial charge in [0.05, 0.1) is 5.69 Å². The van der Waals surface area contributed by atoms with Crippen LogP contribution in [0.1, 0.15) is 24.5 Å². The lowest BCUT2D eigenvalue weighted by molar-refractivity contribution is -0.0874. The molecule has 2 N–H and O–H groups in total. The van der Waals surface area contributed by atoms with Crippen molar-refractivity contribution in [2.45, 2.75) is 24.7 Å². The van der Waals surface area contributed by atoms with Crippen LogP contribution in [0.4, 0.5) is 13.9 Å². The zero-order valence-electron chi connectivity index (χ0n) is 6.26. The van der Waals surface area contributed by atoms with E-state index in [0.29, 0.717) is 5.13 Å². The number of anilines is 1. The van der Waals surface area contributed by atoms with Gasteiger partial charge in [0, 0.05) is 24.1 Å². The quantitative estimate of drug-likeness (QED) is 0.737. The molecule has 5 heteroatoms. The van der Waals surface area contributed by atoms with Gasteiger partial charge in [0.2, 0.25) is 5.92 Å². The smallest absolute Gasteiger partial charge is 0.249 e. The molecular weight excluding hydrogens is 182 g/mol. The molecule has 0 aromatic carbocycles. The largest absolute Gasteiger partial charge is 0.375 e. The molecule has 1 saturated carbocycles. The second kappa shape index (κ2) is 2.39. The topological polar surface area (TPSA) is 38.9 Å². The van der Waals surface area contributed by atoms with Gasteiger partial charge in [0.15, 0.2) is 5.13 Å². The van der Waals surface area contributed by atoms with E-state index in [1.807, 2.05) is 0 Å². The second-order valence-corrected chi connectivity index (χ2v) is 3.96. The fourth-order valence-electron chi connectivity index (χ4n) is 1.36. The highest BCUT2D eigenvalue weighted by Gasteiger charge is 2.46. The summed E-state index contributed by atoms with van der Waals surface area (Å²) in [6, 6.07) is 0. The van der Waals surface area contributed by atoms with Crippen molar-refractivity contribution >= 4 is 16.5 Å². The Balaban J connectivity index is 2.06. The maximum atomic E-state index is 12.4. The number of rotatable bonds is 1. The molecule has 66 valence electrons. The maximum absolute atomic E-state index is 12.4. The van der Waals surface area contributed by atoms with Gasteiger partial charge in [-0.25, -0.2) is 13.8 Å². The molecule has 1 aliphatic carbocycles. The Morgan fingerprint density at radius 3 is 2.67 bits per heavy atom. The normalized spacial score (nSPS) is 22.2. The number of nitrogens with zero attached hydrogens (tertiary/aromatic N) is 1. The van der Waals surface area contributed by atoms with Crippen LogP contribution in [-0.4, -0.2) is 10.9 Å². The average molecular weight is 190 g/mol. The van der Waals surface area contributed by atoms with Gasteiger partial charge < -0.3 is 5.73 Å². The summed E-state index contributed by atoms with van der Waals surface area (Å²) < 4.78 is 24.9. The zero-order valence-corrected chi connectivity index (χ0v) is 7.07. The summed E-state index contributed by atoms with van der Waals surface area (Å²) in [5.74, 6) is -2.54. The lowest BCUT2D eigenvalue weighted by atomic mass is 9.80. The monoisotopic (exact) mass is 190 g/mol. The summed E-state index contributed by atoms with van der Waals surface area (Å²) in [6.45, 7) is 0. The van der Waals surface area contributed by atoms with Gasteiger partial charge in [-0.15, -0.1) is 11.3 Å². The predicted octanol–water partition coefficient (Wildman–Crippen LogP) is 2.24. The van der Waals surface area contributed by atoms with Crippen LogP contribution in [0.15, 0.2) is 5.38 Å². The third-order valence-corrected chi connectivity index (χ3v) is 2.74. The van der Waals surface area contributed by atoms with Crippen molar-refractivity contribution < 1.29 is 8.78 Å². The van der Waals surface area contributed by atoms with E-state index in [1.54, 1.807) is 5.38 Å². The molecule has 0 bridgehead atoms. The number of halogens is 2. The maximum Gasteiger partial charge on any atom is 0.249 e. The minimum atomic E-state index is -2.47. The highest BCUT2D eigenvalue weighted by atomic mass is 32.1. The number of hydrogen-bond donors (Lipinski definition) is 1. The molecule has 0 radical (unpaired) electrons. The van der Waals surface area contributed by atoms with Crippen molar-refractivity contribution in [3.05, 3.63) is 11.1 Å². The molecule has 0 amide bonds. The van der Waals surface area contributed by atoms with E-state index in [-0.39, 0.29) is 18.8 Å². The lowest BCUT2D eigenvalue weighted by Gasteiger charge is -2.33. The Labute approximate surface area is 72.4 Å². The predicted molar refractivity (Wildman–Crippen MR) is 43.4 cm³/mol. The van der Waals surface area contributed by atoms with Gasteiger partial charge in [0.25, 0.3) is 0 Å². The standard InChI is InChI=1S/C7H8F2N2S/c8-7(9)1-4(2-7)5-3-12-6(10)11-5/h3-4H,1-2H2,(H2,10,11). The second-order valence-electron chi connectivity index (χ2n) is 3.07. The van der Waals surface area contributed by atoms with Crippen molar-refractivity contribution in [3.63, 3.8) is 0 Å². The van der Waals surface area contributed by atoms with Crippen LogP contribution in [0, 0.1) is 0 Å². The zero-order chi connectivity index (χ0) is 8.77. The molecule has 0 atom stereocenters. The molecular formula is C7H8F2N2S. The van der Waals surface area contributed by atoms with Gasteiger partial charge >= 0.3 is 0 Å². The first kappa shape index (κ1) is 7.91. The summed E-state index contributed by atoms with van der Waals surface area (Å²) in [7, 11) is 0. The van der Waals surface area contributed by atoms with E-state index in [2.05, 4.69) is 4.98 Å². The Hall–Kier alpha value is -0.710. The molecule has 1 fully saturated rings. The molecule has 0 spiro atoms. The van der Waals surface area contributed by atoms with E-state index in [0.717, 1.165) is 5.69 Å². The highest BCUT2D eigenvalue weighted by molar-refractivity contribution is 7.13. The fraction of sp³-hybridized carbons (Fsp3) is 0.571. The van der Waals surface area contributed by atoms with Gasteiger partial charge in [-0.3, -0.25) is 0 Å². The minimum Gasteiger partial charge on any atom is -0.375 e. The van der Waals surface area contributed by atoms with Crippen LogP contribution in [0.25, 0.3) is 0 Å². The lowest BCUT2D eigenvalue weighted by Crippen LogP contribution is -2.33. The van der Waals surface area contributed by atoms with Crippen LogP contribution in [0.5, 0.6) is 0 Å². The van der Waals surface area contributed by atoms with Crippen molar-refractivity contribution in [2.24, 2.45) is 0 Å². The van der Waals surface area contributed by atoms with Crippen LogP contribution < -0.4 is 5.73 Å². The molecule has 0 aliphatic heterocycles.